The Hall–Kier alpha value is -2.76. The van der Waals surface area contributed by atoms with Crippen molar-refractivity contribution in [1.29, 1.82) is 0 Å². The van der Waals surface area contributed by atoms with E-state index in [1.54, 1.807) is 6.20 Å². The van der Waals surface area contributed by atoms with Crippen molar-refractivity contribution in [3.8, 4) is 0 Å². The van der Waals surface area contributed by atoms with Crippen LogP contribution in [0.4, 0.5) is 11.6 Å². The van der Waals surface area contributed by atoms with Gasteiger partial charge in [0.1, 0.15) is 17.5 Å². The fourth-order valence-corrected chi connectivity index (χ4v) is 2.93. The van der Waals surface area contributed by atoms with Crippen LogP contribution < -0.4 is 5.32 Å². The van der Waals surface area contributed by atoms with E-state index in [-0.39, 0.29) is 11.8 Å². The maximum absolute atomic E-state index is 11.8. The predicted molar refractivity (Wildman–Crippen MR) is 93.2 cm³/mol. The van der Waals surface area contributed by atoms with Crippen LogP contribution in [0.5, 0.6) is 0 Å². The molecule has 3 rings (SSSR count). The fourth-order valence-electron chi connectivity index (χ4n) is 2.93. The summed E-state index contributed by atoms with van der Waals surface area (Å²) in [5, 5.41) is 3.26. The summed E-state index contributed by atoms with van der Waals surface area (Å²) in [5.41, 5.74) is 2.01. The van der Waals surface area contributed by atoms with Crippen LogP contribution in [0, 0.1) is 13.8 Å². The predicted octanol–water partition coefficient (Wildman–Crippen LogP) is 2.73. The average Bonchev–Trinajstić information content (AvgIpc) is 3.06. The van der Waals surface area contributed by atoms with E-state index in [9.17, 15) is 4.79 Å². The molecule has 2 aromatic heterocycles. The molecule has 3 heterocycles. The molecule has 0 bridgehead atoms. The molecule has 0 aromatic carbocycles. The monoisotopic (exact) mass is 323 g/mol. The van der Waals surface area contributed by atoms with E-state index in [0.29, 0.717) is 12.4 Å². The lowest BCUT2D eigenvalue weighted by Gasteiger charge is -2.15. The quantitative estimate of drug-likeness (QED) is 0.876. The van der Waals surface area contributed by atoms with Crippen molar-refractivity contribution in [2.45, 2.75) is 26.2 Å². The first-order chi connectivity index (χ1) is 11.6. The largest absolute Gasteiger partial charge is 0.338 e. The molecule has 1 unspecified atom stereocenters. The Morgan fingerprint density at radius 1 is 1.42 bits per heavy atom. The van der Waals surface area contributed by atoms with Crippen LogP contribution in [-0.2, 0) is 4.79 Å². The van der Waals surface area contributed by atoms with E-state index < -0.39 is 0 Å². The van der Waals surface area contributed by atoms with E-state index in [1.165, 1.54) is 6.08 Å². The summed E-state index contributed by atoms with van der Waals surface area (Å²) in [6.45, 7) is 8.84. The number of carbonyl (C=O) groups excluding carboxylic acids is 1. The topological polar surface area (TPSA) is 71.0 Å². The number of amides is 1. The molecule has 2 aromatic rings. The second-order valence-electron chi connectivity index (χ2n) is 5.99. The van der Waals surface area contributed by atoms with Crippen molar-refractivity contribution in [2.24, 2.45) is 0 Å². The number of nitrogens with one attached hydrogen (secondary N) is 1. The Morgan fingerprint density at radius 2 is 2.25 bits per heavy atom. The van der Waals surface area contributed by atoms with Crippen LogP contribution in [0.25, 0.3) is 0 Å². The van der Waals surface area contributed by atoms with Gasteiger partial charge in [-0.1, -0.05) is 12.6 Å². The van der Waals surface area contributed by atoms with Gasteiger partial charge in [0, 0.05) is 31.3 Å². The first-order valence-electron chi connectivity index (χ1n) is 8.02. The Bertz CT molecular complexity index is 774. The number of anilines is 2. The first-order valence-corrected chi connectivity index (χ1v) is 8.02. The smallest absolute Gasteiger partial charge is 0.245 e. The molecule has 1 aliphatic heterocycles. The van der Waals surface area contributed by atoms with E-state index in [2.05, 4.69) is 26.8 Å². The second kappa shape index (κ2) is 6.78. The SMILES string of the molecule is C=CC(=O)N1CCC(c2cc(Nc3ncccc3C)nc(C)n2)C1. The third-order valence-corrected chi connectivity index (χ3v) is 4.21. The highest BCUT2D eigenvalue weighted by atomic mass is 16.2. The maximum atomic E-state index is 11.8. The van der Waals surface area contributed by atoms with E-state index in [0.717, 1.165) is 35.9 Å². The molecule has 1 aliphatic rings. The molecule has 0 aliphatic carbocycles. The molecule has 1 N–H and O–H groups in total. The number of likely N-dealkylation sites (tertiary alicyclic amines) is 1. The van der Waals surface area contributed by atoms with E-state index in [1.807, 2.05) is 36.9 Å². The van der Waals surface area contributed by atoms with Gasteiger partial charge in [-0.3, -0.25) is 4.79 Å². The normalized spacial score (nSPS) is 16.9. The summed E-state index contributed by atoms with van der Waals surface area (Å²) in [4.78, 5) is 26.9. The minimum Gasteiger partial charge on any atom is -0.338 e. The lowest BCUT2D eigenvalue weighted by Crippen LogP contribution is -2.26. The highest BCUT2D eigenvalue weighted by Crippen LogP contribution is 2.28. The van der Waals surface area contributed by atoms with Crippen LogP contribution >= 0.6 is 0 Å². The molecule has 1 saturated heterocycles. The Morgan fingerprint density at radius 3 is 3.00 bits per heavy atom. The Kier molecular flexibility index (Phi) is 4.55. The summed E-state index contributed by atoms with van der Waals surface area (Å²) >= 11 is 0. The Balaban J connectivity index is 1.81. The standard InChI is InChI=1S/C18H21N5O/c1-4-17(24)23-9-7-14(11-23)15-10-16(21-13(3)20-15)22-18-12(2)6-5-8-19-18/h4-6,8,10,14H,1,7,9,11H2,2-3H3,(H,19,20,21,22). The van der Waals surface area contributed by atoms with Gasteiger partial charge in [-0.25, -0.2) is 15.0 Å². The zero-order valence-corrected chi connectivity index (χ0v) is 14.0. The van der Waals surface area contributed by atoms with Gasteiger partial charge in [0.05, 0.1) is 5.69 Å². The molecule has 24 heavy (non-hydrogen) atoms. The molecule has 0 radical (unpaired) electrons. The maximum Gasteiger partial charge on any atom is 0.245 e. The van der Waals surface area contributed by atoms with Crippen molar-refractivity contribution >= 4 is 17.5 Å². The molecule has 6 nitrogen and oxygen atoms in total. The van der Waals surface area contributed by atoms with Crippen molar-refractivity contribution < 1.29 is 4.79 Å². The number of carbonyl (C=O) groups is 1. The zero-order valence-electron chi connectivity index (χ0n) is 14.0. The summed E-state index contributed by atoms with van der Waals surface area (Å²) in [6, 6.07) is 5.86. The number of pyridine rings is 1. The van der Waals surface area contributed by atoms with E-state index >= 15 is 0 Å². The molecule has 6 heteroatoms. The summed E-state index contributed by atoms with van der Waals surface area (Å²) in [5.74, 6) is 2.42. The van der Waals surface area contributed by atoms with Gasteiger partial charge in [-0.05, 0) is 38.0 Å². The molecule has 1 amide bonds. The van der Waals surface area contributed by atoms with Crippen molar-refractivity contribution in [3.63, 3.8) is 0 Å². The minimum absolute atomic E-state index is 0.0225. The summed E-state index contributed by atoms with van der Waals surface area (Å²) in [6.07, 6.45) is 4.02. The van der Waals surface area contributed by atoms with Gasteiger partial charge < -0.3 is 10.2 Å². The number of hydrogen-bond donors (Lipinski definition) is 1. The number of nitrogens with zero attached hydrogens (tertiary/aromatic N) is 4. The van der Waals surface area contributed by atoms with Crippen LogP contribution in [-0.4, -0.2) is 38.8 Å². The third kappa shape index (κ3) is 3.42. The Labute approximate surface area is 141 Å². The van der Waals surface area contributed by atoms with Gasteiger partial charge in [-0.2, -0.15) is 0 Å². The van der Waals surface area contributed by atoms with Crippen molar-refractivity contribution in [1.82, 2.24) is 19.9 Å². The van der Waals surface area contributed by atoms with Crippen molar-refractivity contribution in [3.05, 3.63) is 54.1 Å². The summed E-state index contributed by atoms with van der Waals surface area (Å²) in [7, 11) is 0. The third-order valence-electron chi connectivity index (χ3n) is 4.21. The fraction of sp³-hybridized carbons (Fsp3) is 0.333. The van der Waals surface area contributed by atoms with E-state index in [4.69, 9.17) is 0 Å². The molecular formula is C18H21N5O. The first kappa shape index (κ1) is 16.1. The van der Waals surface area contributed by atoms with Crippen LogP contribution in [0.15, 0.2) is 37.1 Å². The molecule has 1 fully saturated rings. The number of rotatable bonds is 4. The number of aryl methyl sites for hydroxylation is 2. The lowest BCUT2D eigenvalue weighted by molar-refractivity contribution is -0.125. The minimum atomic E-state index is -0.0225. The number of aromatic nitrogens is 3. The van der Waals surface area contributed by atoms with Gasteiger partial charge in [-0.15, -0.1) is 0 Å². The number of hydrogen-bond acceptors (Lipinski definition) is 5. The molecule has 1 atom stereocenters. The lowest BCUT2D eigenvalue weighted by atomic mass is 10.0. The molecular weight excluding hydrogens is 302 g/mol. The zero-order chi connectivity index (χ0) is 17.1. The average molecular weight is 323 g/mol. The molecule has 0 saturated carbocycles. The van der Waals surface area contributed by atoms with Gasteiger partial charge >= 0.3 is 0 Å². The van der Waals surface area contributed by atoms with Crippen molar-refractivity contribution in [2.75, 3.05) is 18.4 Å². The molecule has 124 valence electrons. The summed E-state index contributed by atoms with van der Waals surface area (Å²) < 4.78 is 0. The highest BCUT2D eigenvalue weighted by molar-refractivity contribution is 5.87. The molecule has 0 spiro atoms. The van der Waals surface area contributed by atoms with Gasteiger partial charge in [0.15, 0.2) is 0 Å². The van der Waals surface area contributed by atoms with Gasteiger partial charge in [0.25, 0.3) is 0 Å². The van der Waals surface area contributed by atoms with Crippen LogP contribution in [0.2, 0.25) is 0 Å². The highest BCUT2D eigenvalue weighted by Gasteiger charge is 2.27. The van der Waals surface area contributed by atoms with Gasteiger partial charge in [0.2, 0.25) is 5.91 Å². The van der Waals surface area contributed by atoms with Crippen LogP contribution in [0.1, 0.15) is 29.4 Å². The van der Waals surface area contributed by atoms with Crippen LogP contribution in [0.3, 0.4) is 0 Å². The second-order valence-corrected chi connectivity index (χ2v) is 5.99.